The van der Waals surface area contributed by atoms with Crippen LogP contribution in [-0.4, -0.2) is 41.8 Å². The van der Waals surface area contributed by atoms with Gasteiger partial charge in [0.25, 0.3) is 0 Å². The number of carbonyl (C=O) groups excluding carboxylic acids is 3. The summed E-state index contributed by atoms with van der Waals surface area (Å²) in [4.78, 5) is 42.2. The van der Waals surface area contributed by atoms with Gasteiger partial charge < -0.3 is 10.1 Å². The fraction of sp³-hybridized carbons (Fsp3) is 0.478. The molecule has 2 N–H and O–H groups in total. The number of carbonyl (C=O) groups is 3. The summed E-state index contributed by atoms with van der Waals surface area (Å²) in [5.74, 6) is 0.672. The molecule has 3 amide bonds. The number of nitrogens with zero attached hydrogens (tertiary/aromatic N) is 2. The highest BCUT2D eigenvalue weighted by Gasteiger charge is 2.24. The summed E-state index contributed by atoms with van der Waals surface area (Å²) in [5.41, 5.74) is 1.38. The molecule has 1 aromatic heterocycles. The average Bonchev–Trinajstić information content (AvgIpc) is 3.44. The number of hydrogen-bond acceptors (Lipinski definition) is 7. The number of aromatic nitrogens is 1. The van der Waals surface area contributed by atoms with E-state index in [0.717, 1.165) is 22.7 Å². The van der Waals surface area contributed by atoms with E-state index in [-0.39, 0.29) is 17.9 Å². The minimum absolute atomic E-state index is 0.158. The van der Waals surface area contributed by atoms with Crippen molar-refractivity contribution in [1.29, 1.82) is 0 Å². The Hall–Kier alpha value is -2.59. The van der Waals surface area contributed by atoms with E-state index in [1.807, 2.05) is 18.2 Å². The number of ether oxygens (including phenoxy) is 1. The number of thioether (sulfide) groups is 1. The molecule has 2 aromatic rings. The minimum atomic E-state index is -0.251. The molecular weight excluding hydrogens is 460 g/mol. The van der Waals surface area contributed by atoms with Gasteiger partial charge in [0.05, 0.1) is 23.4 Å². The SMILES string of the molecule is CCOC(=O)CCSc1cnc(NC(=O)N(CC2CCCC2)c2cccc(NC(C)=O)c2)s1. The first-order valence-corrected chi connectivity index (χ1v) is 12.9. The summed E-state index contributed by atoms with van der Waals surface area (Å²) >= 11 is 2.89. The van der Waals surface area contributed by atoms with E-state index in [2.05, 4.69) is 15.6 Å². The van der Waals surface area contributed by atoms with Crippen molar-refractivity contribution in [2.24, 2.45) is 5.92 Å². The lowest BCUT2D eigenvalue weighted by atomic mass is 10.1. The number of amides is 3. The number of rotatable bonds is 10. The molecule has 0 spiro atoms. The van der Waals surface area contributed by atoms with Gasteiger partial charge in [-0.25, -0.2) is 9.78 Å². The third-order valence-electron chi connectivity index (χ3n) is 5.19. The van der Waals surface area contributed by atoms with Gasteiger partial charge in [0, 0.05) is 30.6 Å². The zero-order chi connectivity index (χ0) is 23.6. The van der Waals surface area contributed by atoms with Crippen LogP contribution in [0.5, 0.6) is 0 Å². The second kappa shape index (κ2) is 12.6. The summed E-state index contributed by atoms with van der Waals surface area (Å²) < 4.78 is 5.86. The first-order chi connectivity index (χ1) is 15.9. The summed E-state index contributed by atoms with van der Waals surface area (Å²) in [5, 5.41) is 6.20. The van der Waals surface area contributed by atoms with Crippen molar-refractivity contribution in [1.82, 2.24) is 4.98 Å². The van der Waals surface area contributed by atoms with Gasteiger partial charge in [-0.05, 0) is 43.9 Å². The van der Waals surface area contributed by atoms with Crippen molar-refractivity contribution < 1.29 is 19.1 Å². The smallest absolute Gasteiger partial charge is 0.328 e. The maximum atomic E-state index is 13.2. The van der Waals surface area contributed by atoms with Gasteiger partial charge in [0.2, 0.25) is 5.91 Å². The van der Waals surface area contributed by atoms with Crippen LogP contribution in [-0.2, 0) is 14.3 Å². The van der Waals surface area contributed by atoms with Gasteiger partial charge in [-0.2, -0.15) is 0 Å². The monoisotopic (exact) mass is 490 g/mol. The van der Waals surface area contributed by atoms with Gasteiger partial charge in [-0.15, -0.1) is 11.8 Å². The Morgan fingerprint density at radius 2 is 2.03 bits per heavy atom. The summed E-state index contributed by atoms with van der Waals surface area (Å²) in [6.45, 7) is 4.24. The van der Waals surface area contributed by atoms with Gasteiger partial charge >= 0.3 is 12.0 Å². The Morgan fingerprint density at radius 1 is 1.24 bits per heavy atom. The molecule has 1 saturated carbocycles. The van der Waals surface area contributed by atoms with E-state index in [1.165, 1.54) is 42.9 Å². The molecule has 0 bridgehead atoms. The lowest BCUT2D eigenvalue weighted by Gasteiger charge is -2.26. The minimum Gasteiger partial charge on any atom is -0.466 e. The van der Waals surface area contributed by atoms with Crippen molar-refractivity contribution >= 4 is 57.5 Å². The molecular formula is C23H30N4O4S2. The number of nitrogens with one attached hydrogen (secondary N) is 2. The predicted octanol–water partition coefficient (Wildman–Crippen LogP) is 5.38. The zero-order valence-corrected chi connectivity index (χ0v) is 20.6. The highest BCUT2D eigenvalue weighted by atomic mass is 32.2. The first-order valence-electron chi connectivity index (χ1n) is 11.1. The van der Waals surface area contributed by atoms with E-state index in [1.54, 1.807) is 24.1 Å². The molecule has 3 rings (SSSR count). The Balaban J connectivity index is 1.66. The van der Waals surface area contributed by atoms with E-state index in [9.17, 15) is 14.4 Å². The van der Waals surface area contributed by atoms with Gasteiger partial charge in [-0.3, -0.25) is 19.8 Å². The summed E-state index contributed by atoms with van der Waals surface area (Å²) in [7, 11) is 0. The largest absolute Gasteiger partial charge is 0.466 e. The number of anilines is 3. The molecule has 1 aromatic carbocycles. The molecule has 1 fully saturated rings. The van der Waals surface area contributed by atoms with E-state index in [0.29, 0.717) is 42.1 Å². The highest BCUT2D eigenvalue weighted by Crippen LogP contribution is 2.31. The zero-order valence-electron chi connectivity index (χ0n) is 19.0. The second-order valence-electron chi connectivity index (χ2n) is 7.81. The maximum absolute atomic E-state index is 13.2. The Morgan fingerprint density at radius 3 is 2.76 bits per heavy atom. The fourth-order valence-electron chi connectivity index (χ4n) is 3.72. The van der Waals surface area contributed by atoms with Crippen molar-refractivity contribution in [3.8, 4) is 0 Å². The molecule has 0 unspecified atom stereocenters. The van der Waals surface area contributed by atoms with Crippen molar-refractivity contribution in [3.05, 3.63) is 30.5 Å². The van der Waals surface area contributed by atoms with Crippen LogP contribution in [0.25, 0.3) is 0 Å². The van der Waals surface area contributed by atoms with Crippen LogP contribution < -0.4 is 15.5 Å². The molecule has 0 atom stereocenters. The van der Waals surface area contributed by atoms with Crippen LogP contribution in [0.3, 0.4) is 0 Å². The van der Waals surface area contributed by atoms with E-state index in [4.69, 9.17) is 4.74 Å². The predicted molar refractivity (Wildman–Crippen MR) is 133 cm³/mol. The number of hydrogen-bond donors (Lipinski definition) is 2. The summed E-state index contributed by atoms with van der Waals surface area (Å²) in [6.07, 6.45) is 6.61. The molecule has 0 radical (unpaired) electrons. The van der Waals surface area contributed by atoms with Gasteiger partial charge in [0.15, 0.2) is 5.13 Å². The highest BCUT2D eigenvalue weighted by molar-refractivity contribution is 8.01. The standard InChI is InChI=1S/C23H30N4O4S2/c1-3-31-20(29)11-12-32-21-14-24-22(33-21)26-23(30)27(15-17-7-4-5-8-17)19-10-6-9-18(13-19)25-16(2)28/h6,9-10,13-14,17H,3-5,7-8,11-12,15H2,1-2H3,(H,25,28)(H,24,26,30). The summed E-state index contributed by atoms with van der Waals surface area (Å²) in [6, 6.07) is 7.07. The Labute approximate surface area is 202 Å². The molecule has 0 aliphatic heterocycles. The third-order valence-corrected chi connectivity index (χ3v) is 7.30. The lowest BCUT2D eigenvalue weighted by molar-refractivity contribution is -0.142. The van der Waals surface area contributed by atoms with Crippen LogP contribution >= 0.6 is 23.1 Å². The Bertz CT molecular complexity index is 959. The molecule has 8 nitrogen and oxygen atoms in total. The molecule has 0 saturated heterocycles. The van der Waals surface area contributed by atoms with Crippen LogP contribution in [0.15, 0.2) is 34.7 Å². The molecule has 1 heterocycles. The number of thiazole rings is 1. The second-order valence-corrected chi connectivity index (χ2v) is 10.2. The fourth-order valence-corrected chi connectivity index (χ4v) is 5.58. The normalized spacial score (nSPS) is 13.5. The van der Waals surface area contributed by atoms with Crippen molar-refractivity contribution in [3.63, 3.8) is 0 Å². The van der Waals surface area contributed by atoms with E-state index < -0.39 is 0 Å². The lowest BCUT2D eigenvalue weighted by Crippen LogP contribution is -2.38. The van der Waals surface area contributed by atoms with Crippen molar-refractivity contribution in [2.75, 3.05) is 34.4 Å². The van der Waals surface area contributed by atoms with Gasteiger partial charge in [0.1, 0.15) is 0 Å². The van der Waals surface area contributed by atoms with Crippen LogP contribution in [0.2, 0.25) is 0 Å². The van der Waals surface area contributed by atoms with Crippen molar-refractivity contribution in [2.45, 2.75) is 50.2 Å². The van der Waals surface area contributed by atoms with Crippen LogP contribution in [0.1, 0.15) is 46.0 Å². The molecule has 1 aliphatic rings. The van der Waals surface area contributed by atoms with Crippen LogP contribution in [0.4, 0.5) is 21.3 Å². The Kier molecular flexibility index (Phi) is 9.56. The molecule has 33 heavy (non-hydrogen) atoms. The van der Waals surface area contributed by atoms with Gasteiger partial charge in [-0.1, -0.05) is 30.2 Å². The average molecular weight is 491 g/mol. The third kappa shape index (κ3) is 8.04. The number of urea groups is 1. The quantitative estimate of drug-likeness (QED) is 0.343. The molecule has 1 aliphatic carbocycles. The number of benzene rings is 1. The molecule has 10 heteroatoms. The first kappa shape index (κ1) is 25.0. The topological polar surface area (TPSA) is 101 Å². The number of esters is 1. The van der Waals surface area contributed by atoms with Crippen LogP contribution in [0, 0.1) is 5.92 Å². The molecule has 178 valence electrons. The van der Waals surface area contributed by atoms with E-state index >= 15 is 0 Å². The maximum Gasteiger partial charge on any atom is 0.328 e.